The predicted molar refractivity (Wildman–Crippen MR) is 128 cm³/mol. The highest BCUT2D eigenvalue weighted by Gasteiger charge is 2.31. The van der Waals surface area contributed by atoms with Crippen molar-refractivity contribution in [3.05, 3.63) is 95.5 Å². The average molecular weight is 455 g/mol. The molecule has 4 heterocycles. The van der Waals surface area contributed by atoms with Crippen LogP contribution in [0.2, 0.25) is 0 Å². The number of amidine groups is 1. The van der Waals surface area contributed by atoms with Crippen LogP contribution in [0.3, 0.4) is 0 Å². The number of aliphatic imine (C=N–C) groups is 1. The Morgan fingerprint density at radius 1 is 1.12 bits per heavy atom. The van der Waals surface area contributed by atoms with Crippen molar-refractivity contribution in [1.29, 1.82) is 0 Å². The van der Waals surface area contributed by atoms with Gasteiger partial charge in [-0.2, -0.15) is 5.10 Å². The summed E-state index contributed by atoms with van der Waals surface area (Å²) in [6, 6.07) is 12.1. The average Bonchev–Trinajstić information content (AvgIpc) is 3.21. The van der Waals surface area contributed by atoms with E-state index >= 15 is 0 Å². The van der Waals surface area contributed by atoms with Crippen molar-refractivity contribution in [3.8, 4) is 11.3 Å². The van der Waals surface area contributed by atoms with Crippen LogP contribution >= 0.6 is 0 Å². The Hall–Kier alpha value is -4.20. The molecule has 8 heteroatoms. The van der Waals surface area contributed by atoms with E-state index < -0.39 is 0 Å². The van der Waals surface area contributed by atoms with E-state index in [1.807, 2.05) is 32.1 Å². The summed E-state index contributed by atoms with van der Waals surface area (Å²) in [6.07, 6.45) is 6.99. The van der Waals surface area contributed by atoms with Gasteiger partial charge in [0, 0.05) is 47.3 Å². The van der Waals surface area contributed by atoms with Gasteiger partial charge in [0.25, 0.3) is 5.91 Å². The van der Waals surface area contributed by atoms with Crippen LogP contribution in [0.1, 0.15) is 40.2 Å². The zero-order chi connectivity index (χ0) is 23.8. The lowest BCUT2D eigenvalue weighted by molar-refractivity contribution is 0.0975. The molecule has 1 aliphatic rings. The molecule has 4 aromatic rings. The molecular weight excluding hydrogens is 431 g/mol. The number of allylic oxidation sites excluding steroid dienone is 1. The lowest BCUT2D eigenvalue weighted by Crippen LogP contribution is -2.38. The number of benzene rings is 1. The number of hydrogen-bond acceptors (Lipinski definition) is 5. The van der Waals surface area contributed by atoms with Crippen molar-refractivity contribution in [3.63, 3.8) is 0 Å². The van der Waals surface area contributed by atoms with Crippen molar-refractivity contribution >= 4 is 17.4 Å². The van der Waals surface area contributed by atoms with Crippen molar-refractivity contribution in [2.24, 2.45) is 10.9 Å². The van der Waals surface area contributed by atoms with Crippen molar-refractivity contribution in [1.82, 2.24) is 24.9 Å². The molecule has 0 saturated heterocycles. The molecule has 1 aliphatic heterocycles. The number of hydrogen-bond donors (Lipinski definition) is 1. The maximum Gasteiger partial charge on any atom is 0.256 e. The van der Waals surface area contributed by atoms with Gasteiger partial charge < -0.3 is 5.32 Å². The van der Waals surface area contributed by atoms with Gasteiger partial charge in [-0.25, -0.2) is 18.9 Å². The number of carbonyl (C=O) groups is 1. The third-order valence-electron chi connectivity index (χ3n) is 6.05. The Balaban J connectivity index is 1.54. The topological polar surface area (TPSA) is 84.5 Å². The van der Waals surface area contributed by atoms with Crippen LogP contribution in [0.25, 0.3) is 16.9 Å². The van der Waals surface area contributed by atoms with E-state index in [0.29, 0.717) is 22.6 Å². The minimum absolute atomic E-state index is 0.168. The van der Waals surface area contributed by atoms with Crippen LogP contribution in [0.5, 0.6) is 0 Å². The number of amides is 1. The summed E-state index contributed by atoms with van der Waals surface area (Å²) in [5, 5.41) is 7.49. The van der Waals surface area contributed by atoms with Crippen LogP contribution in [0.4, 0.5) is 4.39 Å². The Morgan fingerprint density at radius 2 is 1.97 bits per heavy atom. The Kier molecular flexibility index (Phi) is 5.49. The molecule has 0 spiro atoms. The van der Waals surface area contributed by atoms with Crippen molar-refractivity contribution in [2.75, 3.05) is 0 Å². The summed E-state index contributed by atoms with van der Waals surface area (Å²) in [6.45, 7) is 5.58. The summed E-state index contributed by atoms with van der Waals surface area (Å²) in [7, 11) is 0. The summed E-state index contributed by atoms with van der Waals surface area (Å²) in [4.78, 5) is 26.3. The fraction of sp³-hybridized carbons (Fsp3) is 0.192. The van der Waals surface area contributed by atoms with Gasteiger partial charge in [-0.05, 0) is 61.9 Å². The van der Waals surface area contributed by atoms with Gasteiger partial charge >= 0.3 is 0 Å². The van der Waals surface area contributed by atoms with Gasteiger partial charge in [0.2, 0.25) is 0 Å². The van der Waals surface area contributed by atoms with Gasteiger partial charge in [-0.15, -0.1) is 0 Å². The van der Waals surface area contributed by atoms with Crippen LogP contribution in [0, 0.1) is 25.6 Å². The quantitative estimate of drug-likeness (QED) is 0.489. The Bertz CT molecular complexity index is 1470. The number of aryl methyl sites for hydroxylation is 2. The molecule has 5 rings (SSSR count). The molecule has 0 fully saturated rings. The zero-order valence-corrected chi connectivity index (χ0v) is 19.0. The van der Waals surface area contributed by atoms with E-state index in [2.05, 4.69) is 20.4 Å². The second-order valence-corrected chi connectivity index (χ2v) is 8.41. The van der Waals surface area contributed by atoms with Gasteiger partial charge in [-0.1, -0.05) is 13.0 Å². The van der Waals surface area contributed by atoms with E-state index in [4.69, 9.17) is 4.98 Å². The number of nitrogens with zero attached hydrogens (tertiary/aromatic N) is 5. The molecule has 3 aromatic heterocycles. The molecule has 0 saturated carbocycles. The number of rotatable bonds is 3. The summed E-state index contributed by atoms with van der Waals surface area (Å²) in [5.74, 6) is -0.284. The number of carbonyl (C=O) groups excluding carboxylic acids is 1. The highest BCUT2D eigenvalue weighted by molar-refractivity contribution is 6.07. The van der Waals surface area contributed by atoms with E-state index in [0.717, 1.165) is 22.6 Å². The first-order valence-corrected chi connectivity index (χ1v) is 11.0. The third-order valence-corrected chi connectivity index (χ3v) is 6.05. The number of aromatic nitrogens is 4. The molecule has 1 aromatic carbocycles. The summed E-state index contributed by atoms with van der Waals surface area (Å²) >= 11 is 0. The molecule has 2 unspecified atom stereocenters. The van der Waals surface area contributed by atoms with Gasteiger partial charge in [-0.3, -0.25) is 9.78 Å². The highest BCUT2D eigenvalue weighted by atomic mass is 19.1. The maximum atomic E-state index is 14.0. The van der Waals surface area contributed by atoms with Crippen molar-refractivity contribution in [2.45, 2.75) is 26.7 Å². The first-order chi connectivity index (χ1) is 16.4. The normalized spacial score (nSPS) is 17.6. The Labute approximate surface area is 196 Å². The predicted octanol–water partition coefficient (Wildman–Crippen LogP) is 4.62. The molecule has 1 N–H and O–H groups in total. The van der Waals surface area contributed by atoms with Crippen LogP contribution in [-0.2, 0) is 0 Å². The van der Waals surface area contributed by atoms with Crippen LogP contribution < -0.4 is 5.32 Å². The maximum absolute atomic E-state index is 14.0. The Morgan fingerprint density at radius 3 is 2.76 bits per heavy atom. The molecule has 170 valence electrons. The molecule has 2 atom stereocenters. The second-order valence-electron chi connectivity index (χ2n) is 8.41. The van der Waals surface area contributed by atoms with Gasteiger partial charge in [0.05, 0.1) is 11.4 Å². The van der Waals surface area contributed by atoms with Crippen LogP contribution in [0.15, 0.2) is 72.1 Å². The fourth-order valence-corrected chi connectivity index (χ4v) is 4.23. The summed E-state index contributed by atoms with van der Waals surface area (Å²) < 4.78 is 15.8. The third kappa shape index (κ3) is 3.87. The zero-order valence-electron chi connectivity index (χ0n) is 19.0. The van der Waals surface area contributed by atoms with Gasteiger partial charge in [0.1, 0.15) is 11.7 Å². The molecular formula is C26H23FN6O. The molecule has 34 heavy (non-hydrogen) atoms. The lowest BCUT2D eigenvalue weighted by atomic mass is 9.86. The molecule has 1 amide bonds. The number of fused-ring (bicyclic) bond motifs is 1. The van der Waals surface area contributed by atoms with E-state index in [9.17, 15) is 9.18 Å². The lowest BCUT2D eigenvalue weighted by Gasteiger charge is -2.26. The molecule has 0 radical (unpaired) electrons. The number of nitrogens with one attached hydrogen (secondary N) is 1. The molecule has 0 bridgehead atoms. The number of pyridine rings is 1. The van der Waals surface area contributed by atoms with Gasteiger partial charge in [0.15, 0.2) is 5.65 Å². The smallest absolute Gasteiger partial charge is 0.256 e. The summed E-state index contributed by atoms with van der Waals surface area (Å²) in [5.41, 5.74) is 4.90. The molecule has 0 aliphatic carbocycles. The minimum Gasteiger partial charge on any atom is -0.310 e. The second kappa shape index (κ2) is 8.62. The fourth-order valence-electron chi connectivity index (χ4n) is 4.23. The first kappa shape index (κ1) is 21.6. The van der Waals surface area contributed by atoms with Crippen molar-refractivity contribution < 1.29 is 9.18 Å². The number of halogens is 1. The highest BCUT2D eigenvalue weighted by Crippen LogP contribution is 2.37. The molecule has 7 nitrogen and oxygen atoms in total. The standard InChI is InChI=1S/C26H23FN6O/c1-15-13-18(6-7-21(15)27)23-24(33-22(31-23)5-4-10-30-33)20-9-12-29-25(17(20)3)32-26(34)19-8-11-28-16(2)14-19/h4-14,17,20H,1-3H3,(H,29,32,34). The monoisotopic (exact) mass is 454 g/mol. The van der Waals surface area contributed by atoms with E-state index in [1.165, 1.54) is 6.07 Å². The van der Waals surface area contributed by atoms with E-state index in [-0.39, 0.29) is 23.6 Å². The van der Waals surface area contributed by atoms with E-state index in [1.54, 1.807) is 54.3 Å². The SMILES string of the molecule is Cc1cc(C(=O)NC2=NC=CC(c3c(-c4ccc(F)c(C)c4)nc4cccnn34)C2C)ccn1. The largest absolute Gasteiger partial charge is 0.310 e. The number of imidazole rings is 1. The van der Waals surface area contributed by atoms with Crippen LogP contribution in [-0.4, -0.2) is 31.3 Å². The first-order valence-electron chi connectivity index (χ1n) is 11.0. The minimum atomic E-state index is -0.262.